The molecular weight excluding hydrogens is 306 g/mol. The van der Waals surface area contributed by atoms with Crippen LogP contribution in [0.25, 0.3) is 22.2 Å². The number of pyridine rings is 2. The Kier molecular flexibility index (Phi) is 4.26. The number of nitrogens with one attached hydrogen (secondary N) is 1. The minimum absolute atomic E-state index is 0.108. The topological polar surface area (TPSA) is 92.9 Å². The number of fused-ring (bicyclic) bond motifs is 1. The summed E-state index contributed by atoms with van der Waals surface area (Å²) in [6.45, 7) is 3.86. The third-order valence-corrected chi connectivity index (χ3v) is 3.61. The molecule has 3 heterocycles. The van der Waals surface area contributed by atoms with Gasteiger partial charge in [0.15, 0.2) is 0 Å². The van der Waals surface area contributed by atoms with Gasteiger partial charge in [-0.1, -0.05) is 0 Å². The van der Waals surface area contributed by atoms with E-state index in [0.717, 1.165) is 5.56 Å². The van der Waals surface area contributed by atoms with Crippen LogP contribution in [0.1, 0.15) is 19.5 Å². The van der Waals surface area contributed by atoms with E-state index in [2.05, 4.69) is 20.3 Å². The van der Waals surface area contributed by atoms with E-state index in [1.807, 2.05) is 19.9 Å². The van der Waals surface area contributed by atoms with Crippen LogP contribution >= 0.6 is 0 Å². The van der Waals surface area contributed by atoms with Crippen LogP contribution in [0, 0.1) is 0 Å². The Morgan fingerprint density at radius 2 is 2.08 bits per heavy atom. The van der Waals surface area contributed by atoms with Crippen molar-refractivity contribution in [2.75, 3.05) is 5.32 Å². The normalized spacial score (nSPS) is 11.2. The fourth-order valence-electron chi connectivity index (χ4n) is 2.42. The van der Waals surface area contributed by atoms with Gasteiger partial charge in [-0.15, -0.1) is 0 Å². The SMILES string of the molecule is CC(C)Nc1nc(-c2ccc(CO)nc2)cc2ncn(C)c(=O)c12. The Morgan fingerprint density at radius 1 is 1.29 bits per heavy atom. The van der Waals surface area contributed by atoms with Gasteiger partial charge in [-0.05, 0) is 32.0 Å². The van der Waals surface area contributed by atoms with Gasteiger partial charge < -0.3 is 15.0 Å². The number of nitrogens with zero attached hydrogens (tertiary/aromatic N) is 4. The number of aromatic nitrogens is 4. The van der Waals surface area contributed by atoms with Crippen molar-refractivity contribution in [1.29, 1.82) is 0 Å². The van der Waals surface area contributed by atoms with E-state index in [9.17, 15) is 4.79 Å². The number of anilines is 1. The van der Waals surface area contributed by atoms with E-state index in [4.69, 9.17) is 5.11 Å². The second-order valence-corrected chi connectivity index (χ2v) is 5.91. The van der Waals surface area contributed by atoms with Gasteiger partial charge in [0.1, 0.15) is 11.2 Å². The molecule has 0 aliphatic rings. The third-order valence-electron chi connectivity index (χ3n) is 3.61. The van der Waals surface area contributed by atoms with E-state index in [0.29, 0.717) is 28.1 Å². The quantitative estimate of drug-likeness (QED) is 0.758. The van der Waals surface area contributed by atoms with E-state index >= 15 is 0 Å². The van der Waals surface area contributed by atoms with Gasteiger partial charge in [0.2, 0.25) is 0 Å². The highest BCUT2D eigenvalue weighted by molar-refractivity contribution is 5.91. The average molecular weight is 325 g/mol. The van der Waals surface area contributed by atoms with Crippen molar-refractivity contribution in [3.05, 3.63) is 46.8 Å². The molecule has 3 aromatic rings. The first-order valence-corrected chi connectivity index (χ1v) is 7.68. The lowest BCUT2D eigenvalue weighted by Gasteiger charge is -2.13. The molecule has 0 radical (unpaired) electrons. The first-order chi connectivity index (χ1) is 11.5. The van der Waals surface area contributed by atoms with E-state index in [1.165, 1.54) is 10.9 Å². The average Bonchev–Trinajstić information content (AvgIpc) is 2.57. The molecule has 0 spiro atoms. The van der Waals surface area contributed by atoms with Crippen LogP contribution in [0.5, 0.6) is 0 Å². The molecule has 0 saturated carbocycles. The minimum atomic E-state index is -0.143. The Morgan fingerprint density at radius 3 is 2.71 bits per heavy atom. The van der Waals surface area contributed by atoms with Crippen LogP contribution in [0.2, 0.25) is 0 Å². The molecule has 0 fully saturated rings. The lowest BCUT2D eigenvalue weighted by molar-refractivity contribution is 0.277. The molecule has 7 nitrogen and oxygen atoms in total. The van der Waals surface area contributed by atoms with Gasteiger partial charge in [-0.3, -0.25) is 9.78 Å². The lowest BCUT2D eigenvalue weighted by atomic mass is 10.1. The van der Waals surface area contributed by atoms with E-state index < -0.39 is 0 Å². The van der Waals surface area contributed by atoms with Crippen molar-refractivity contribution >= 4 is 16.7 Å². The summed E-state index contributed by atoms with van der Waals surface area (Å²) < 4.78 is 1.44. The highest BCUT2D eigenvalue weighted by Gasteiger charge is 2.14. The Balaban J connectivity index is 2.22. The maximum Gasteiger partial charge on any atom is 0.264 e. The van der Waals surface area contributed by atoms with Crippen molar-refractivity contribution in [3.63, 3.8) is 0 Å². The summed E-state index contributed by atoms with van der Waals surface area (Å²) in [6, 6.07) is 5.48. The van der Waals surface area contributed by atoms with Crippen LogP contribution in [0.15, 0.2) is 35.5 Å². The lowest BCUT2D eigenvalue weighted by Crippen LogP contribution is -2.21. The predicted molar refractivity (Wildman–Crippen MR) is 92.7 cm³/mol. The van der Waals surface area contributed by atoms with E-state index in [-0.39, 0.29) is 18.2 Å². The second kappa shape index (κ2) is 6.37. The number of rotatable bonds is 4. The summed E-state index contributed by atoms with van der Waals surface area (Å²) in [6.07, 6.45) is 3.15. The van der Waals surface area contributed by atoms with E-state index in [1.54, 1.807) is 25.4 Å². The van der Waals surface area contributed by atoms with Gasteiger partial charge in [0.25, 0.3) is 5.56 Å². The Bertz CT molecular complexity index is 932. The molecule has 0 aromatic carbocycles. The van der Waals surface area contributed by atoms with Gasteiger partial charge in [0.05, 0.1) is 29.8 Å². The highest BCUT2D eigenvalue weighted by atomic mass is 16.3. The zero-order valence-corrected chi connectivity index (χ0v) is 13.8. The van der Waals surface area contributed by atoms with Crippen molar-refractivity contribution in [2.24, 2.45) is 7.05 Å². The molecule has 124 valence electrons. The molecule has 24 heavy (non-hydrogen) atoms. The van der Waals surface area contributed by atoms with Gasteiger partial charge in [-0.25, -0.2) is 9.97 Å². The Labute approximate surface area is 139 Å². The summed E-state index contributed by atoms with van der Waals surface area (Å²) in [5, 5.41) is 12.8. The summed E-state index contributed by atoms with van der Waals surface area (Å²) in [5.41, 5.74) is 2.49. The molecule has 0 aliphatic carbocycles. The molecule has 3 rings (SSSR count). The maximum atomic E-state index is 12.5. The monoisotopic (exact) mass is 325 g/mol. The summed E-state index contributed by atoms with van der Waals surface area (Å²) in [7, 11) is 1.67. The second-order valence-electron chi connectivity index (χ2n) is 5.91. The molecule has 0 aliphatic heterocycles. The maximum absolute atomic E-state index is 12.5. The predicted octanol–water partition coefficient (Wildman–Crippen LogP) is 1.70. The smallest absolute Gasteiger partial charge is 0.264 e. The van der Waals surface area contributed by atoms with Crippen LogP contribution in [-0.2, 0) is 13.7 Å². The molecule has 0 atom stereocenters. The van der Waals surface area contributed by atoms with Gasteiger partial charge >= 0.3 is 0 Å². The van der Waals surface area contributed by atoms with Crippen molar-refractivity contribution in [1.82, 2.24) is 19.5 Å². The van der Waals surface area contributed by atoms with Gasteiger partial charge in [0, 0.05) is 24.8 Å². The van der Waals surface area contributed by atoms with Crippen LogP contribution in [0.3, 0.4) is 0 Å². The molecule has 0 saturated heterocycles. The first kappa shape index (κ1) is 16.1. The fourth-order valence-corrected chi connectivity index (χ4v) is 2.42. The minimum Gasteiger partial charge on any atom is -0.390 e. The zero-order chi connectivity index (χ0) is 17.3. The largest absolute Gasteiger partial charge is 0.390 e. The van der Waals surface area contributed by atoms with Crippen LogP contribution < -0.4 is 10.9 Å². The van der Waals surface area contributed by atoms with Crippen molar-refractivity contribution in [3.8, 4) is 11.3 Å². The molecule has 3 aromatic heterocycles. The summed E-state index contributed by atoms with van der Waals surface area (Å²) in [5.74, 6) is 0.512. The van der Waals surface area contributed by atoms with Crippen molar-refractivity contribution < 1.29 is 5.11 Å². The van der Waals surface area contributed by atoms with Crippen LogP contribution in [0.4, 0.5) is 5.82 Å². The van der Waals surface area contributed by atoms with Crippen LogP contribution in [-0.4, -0.2) is 30.7 Å². The number of hydrogen-bond donors (Lipinski definition) is 2. The number of aliphatic hydroxyl groups is 1. The summed E-state index contributed by atoms with van der Waals surface area (Å²) in [4.78, 5) is 25.6. The first-order valence-electron chi connectivity index (χ1n) is 7.68. The molecular formula is C17H19N5O2. The number of hydrogen-bond acceptors (Lipinski definition) is 6. The molecule has 0 bridgehead atoms. The zero-order valence-electron chi connectivity index (χ0n) is 13.8. The number of aryl methyl sites for hydroxylation is 1. The number of aliphatic hydroxyl groups excluding tert-OH is 1. The highest BCUT2D eigenvalue weighted by Crippen LogP contribution is 2.25. The van der Waals surface area contributed by atoms with Gasteiger partial charge in [-0.2, -0.15) is 0 Å². The molecule has 0 amide bonds. The Hall–Kier alpha value is -2.80. The molecule has 2 N–H and O–H groups in total. The molecule has 7 heteroatoms. The molecule has 0 unspecified atom stereocenters. The third kappa shape index (κ3) is 2.98. The summed E-state index contributed by atoms with van der Waals surface area (Å²) >= 11 is 0. The fraction of sp³-hybridized carbons (Fsp3) is 0.294. The van der Waals surface area contributed by atoms with Crippen molar-refractivity contribution in [2.45, 2.75) is 26.5 Å². The standard InChI is InChI=1S/C17H19N5O2/c1-10(2)20-16-15-14(19-9-22(3)17(15)24)6-13(21-16)11-4-5-12(8-23)18-7-11/h4-7,9-10,23H,8H2,1-3H3,(H,20,21).